The number of ether oxygens (including phenoxy) is 2. The summed E-state index contributed by atoms with van der Waals surface area (Å²) in [6.45, 7) is 2.60. The predicted octanol–water partition coefficient (Wildman–Crippen LogP) is 1.04. The molecule has 2 aliphatic heterocycles. The molecule has 114 valence electrons. The highest BCUT2D eigenvalue weighted by molar-refractivity contribution is 5.92. The largest absolute Gasteiger partial charge is 0.454 e. The fraction of sp³-hybridized carbons (Fsp3) is 0.533. The summed E-state index contributed by atoms with van der Waals surface area (Å²) < 4.78 is 10.6. The lowest BCUT2D eigenvalue weighted by Gasteiger charge is -2.31. The Bertz CT molecular complexity index is 513. The second kappa shape index (κ2) is 6.32. The van der Waals surface area contributed by atoms with E-state index in [1.165, 1.54) is 0 Å². The number of carbonyl (C=O) groups is 1. The Balaban J connectivity index is 1.50. The van der Waals surface area contributed by atoms with Crippen molar-refractivity contribution < 1.29 is 14.3 Å². The van der Waals surface area contributed by atoms with Gasteiger partial charge in [0.1, 0.15) is 0 Å². The number of fused-ring (bicyclic) bond motifs is 1. The number of nitrogens with one attached hydrogen (secondary N) is 2. The molecular formula is C15H21N3O3. The van der Waals surface area contributed by atoms with Crippen LogP contribution < -0.4 is 20.1 Å². The van der Waals surface area contributed by atoms with E-state index in [4.69, 9.17) is 9.47 Å². The molecule has 0 aromatic heterocycles. The van der Waals surface area contributed by atoms with Crippen LogP contribution in [0, 0.1) is 0 Å². The Morgan fingerprint density at radius 3 is 2.81 bits per heavy atom. The van der Waals surface area contributed by atoms with Crippen LogP contribution in [0.15, 0.2) is 18.2 Å². The van der Waals surface area contributed by atoms with E-state index in [-0.39, 0.29) is 12.7 Å². The van der Waals surface area contributed by atoms with Crippen molar-refractivity contribution in [3.8, 4) is 11.5 Å². The highest BCUT2D eigenvalue weighted by atomic mass is 16.7. The molecule has 1 amide bonds. The first-order valence-corrected chi connectivity index (χ1v) is 7.34. The molecule has 21 heavy (non-hydrogen) atoms. The quantitative estimate of drug-likeness (QED) is 0.868. The third kappa shape index (κ3) is 3.46. The summed E-state index contributed by atoms with van der Waals surface area (Å²) >= 11 is 0. The Morgan fingerprint density at radius 1 is 1.29 bits per heavy atom. The van der Waals surface area contributed by atoms with Crippen molar-refractivity contribution in [2.45, 2.75) is 18.9 Å². The van der Waals surface area contributed by atoms with Gasteiger partial charge in [-0.05, 0) is 32.0 Å². The highest BCUT2D eigenvalue weighted by Gasteiger charge is 2.20. The highest BCUT2D eigenvalue weighted by Crippen LogP contribution is 2.34. The summed E-state index contributed by atoms with van der Waals surface area (Å²) in [4.78, 5) is 14.3. The summed E-state index contributed by atoms with van der Waals surface area (Å²) in [5.74, 6) is 1.42. The number of hydrogen-bond acceptors (Lipinski definition) is 5. The van der Waals surface area contributed by atoms with Crippen molar-refractivity contribution in [1.29, 1.82) is 0 Å². The van der Waals surface area contributed by atoms with Gasteiger partial charge in [0.2, 0.25) is 12.7 Å². The Labute approximate surface area is 124 Å². The van der Waals surface area contributed by atoms with Crippen LogP contribution in [-0.4, -0.2) is 50.3 Å². The summed E-state index contributed by atoms with van der Waals surface area (Å²) in [6.07, 6.45) is 2.18. The van der Waals surface area contributed by atoms with Crippen molar-refractivity contribution in [2.75, 3.05) is 38.8 Å². The Hall–Kier alpha value is -1.79. The zero-order valence-corrected chi connectivity index (χ0v) is 12.2. The van der Waals surface area contributed by atoms with Crippen LogP contribution in [0.4, 0.5) is 5.69 Å². The van der Waals surface area contributed by atoms with E-state index >= 15 is 0 Å². The number of nitrogens with zero attached hydrogens (tertiary/aromatic N) is 1. The third-order valence-electron chi connectivity index (χ3n) is 4.02. The first kappa shape index (κ1) is 14.2. The SMILES string of the molecule is CNC1CCN(CC(=O)Nc2ccc3c(c2)OCO3)CC1. The summed E-state index contributed by atoms with van der Waals surface area (Å²) in [6, 6.07) is 6.03. The van der Waals surface area contributed by atoms with Gasteiger partial charge in [-0.15, -0.1) is 0 Å². The maximum absolute atomic E-state index is 12.1. The number of benzene rings is 1. The minimum atomic E-state index is 0.0109. The van der Waals surface area contributed by atoms with Crippen molar-refractivity contribution in [1.82, 2.24) is 10.2 Å². The molecule has 3 rings (SSSR count). The molecular weight excluding hydrogens is 270 g/mol. The average Bonchev–Trinajstić information content (AvgIpc) is 2.95. The summed E-state index contributed by atoms with van der Waals surface area (Å²) in [5.41, 5.74) is 0.745. The van der Waals surface area contributed by atoms with Crippen molar-refractivity contribution in [3.63, 3.8) is 0 Å². The van der Waals surface area contributed by atoms with E-state index in [1.54, 1.807) is 6.07 Å². The second-order valence-electron chi connectivity index (χ2n) is 5.46. The Morgan fingerprint density at radius 2 is 2.05 bits per heavy atom. The average molecular weight is 291 g/mol. The van der Waals surface area contributed by atoms with E-state index in [9.17, 15) is 4.79 Å². The molecule has 0 bridgehead atoms. The standard InChI is InChI=1S/C15H21N3O3/c1-16-11-4-6-18(7-5-11)9-15(19)17-12-2-3-13-14(8-12)21-10-20-13/h2-3,8,11,16H,4-7,9-10H2,1H3,(H,17,19). The van der Waals surface area contributed by atoms with Crippen molar-refractivity contribution in [2.24, 2.45) is 0 Å². The Kier molecular flexibility index (Phi) is 4.26. The molecule has 0 spiro atoms. The zero-order valence-electron chi connectivity index (χ0n) is 12.2. The fourth-order valence-corrected chi connectivity index (χ4v) is 2.76. The number of rotatable bonds is 4. The summed E-state index contributed by atoms with van der Waals surface area (Å²) in [7, 11) is 1.99. The lowest BCUT2D eigenvalue weighted by molar-refractivity contribution is -0.117. The third-order valence-corrected chi connectivity index (χ3v) is 4.02. The van der Waals surface area contributed by atoms with Crippen LogP contribution in [0.3, 0.4) is 0 Å². The lowest BCUT2D eigenvalue weighted by atomic mass is 10.1. The molecule has 2 aliphatic rings. The van der Waals surface area contributed by atoms with E-state index in [2.05, 4.69) is 15.5 Å². The van der Waals surface area contributed by atoms with E-state index in [0.29, 0.717) is 18.3 Å². The molecule has 0 saturated carbocycles. The first-order valence-electron chi connectivity index (χ1n) is 7.34. The number of piperidine rings is 1. The van der Waals surface area contributed by atoms with Crippen LogP contribution in [0.2, 0.25) is 0 Å². The molecule has 6 nitrogen and oxygen atoms in total. The minimum Gasteiger partial charge on any atom is -0.454 e. The smallest absolute Gasteiger partial charge is 0.238 e. The zero-order chi connectivity index (χ0) is 14.7. The molecule has 0 aliphatic carbocycles. The number of likely N-dealkylation sites (tertiary alicyclic amines) is 1. The maximum atomic E-state index is 12.1. The number of carbonyl (C=O) groups excluding carboxylic acids is 1. The molecule has 2 heterocycles. The number of hydrogen-bond donors (Lipinski definition) is 2. The normalized spacial score (nSPS) is 18.7. The van der Waals surface area contributed by atoms with E-state index < -0.39 is 0 Å². The molecule has 6 heteroatoms. The van der Waals surface area contributed by atoms with E-state index in [1.807, 2.05) is 19.2 Å². The van der Waals surface area contributed by atoms with Crippen LogP contribution in [0.1, 0.15) is 12.8 Å². The maximum Gasteiger partial charge on any atom is 0.238 e. The molecule has 0 atom stereocenters. The van der Waals surface area contributed by atoms with Crippen LogP contribution in [-0.2, 0) is 4.79 Å². The van der Waals surface area contributed by atoms with Crippen LogP contribution >= 0.6 is 0 Å². The van der Waals surface area contributed by atoms with Gasteiger partial charge in [0.15, 0.2) is 11.5 Å². The molecule has 1 aromatic rings. The van der Waals surface area contributed by atoms with Crippen LogP contribution in [0.25, 0.3) is 0 Å². The first-order chi connectivity index (χ1) is 10.2. The van der Waals surface area contributed by atoms with Crippen LogP contribution in [0.5, 0.6) is 11.5 Å². The molecule has 1 saturated heterocycles. The van der Waals surface area contributed by atoms with Crippen molar-refractivity contribution >= 4 is 11.6 Å². The van der Waals surface area contributed by atoms with Gasteiger partial charge >= 0.3 is 0 Å². The second-order valence-corrected chi connectivity index (χ2v) is 5.46. The van der Waals surface area contributed by atoms with Crippen molar-refractivity contribution in [3.05, 3.63) is 18.2 Å². The van der Waals surface area contributed by atoms with Gasteiger partial charge in [0, 0.05) is 30.9 Å². The van der Waals surface area contributed by atoms with Gasteiger partial charge in [0.25, 0.3) is 0 Å². The predicted molar refractivity (Wildman–Crippen MR) is 79.7 cm³/mol. The number of amides is 1. The molecule has 1 aromatic carbocycles. The minimum absolute atomic E-state index is 0.0109. The van der Waals surface area contributed by atoms with Gasteiger partial charge in [-0.3, -0.25) is 9.69 Å². The van der Waals surface area contributed by atoms with Gasteiger partial charge in [-0.1, -0.05) is 0 Å². The van der Waals surface area contributed by atoms with Gasteiger partial charge in [0.05, 0.1) is 6.54 Å². The molecule has 1 fully saturated rings. The van der Waals surface area contributed by atoms with Gasteiger partial charge in [-0.2, -0.15) is 0 Å². The molecule has 0 unspecified atom stereocenters. The van der Waals surface area contributed by atoms with Gasteiger partial charge in [-0.25, -0.2) is 0 Å². The molecule has 2 N–H and O–H groups in total. The van der Waals surface area contributed by atoms with E-state index in [0.717, 1.165) is 37.4 Å². The molecule has 0 radical (unpaired) electrons. The number of anilines is 1. The topological polar surface area (TPSA) is 62.8 Å². The monoisotopic (exact) mass is 291 g/mol. The van der Waals surface area contributed by atoms with Gasteiger partial charge < -0.3 is 20.1 Å². The summed E-state index contributed by atoms with van der Waals surface area (Å²) in [5, 5.41) is 6.20. The lowest BCUT2D eigenvalue weighted by Crippen LogP contribution is -2.44. The fourth-order valence-electron chi connectivity index (χ4n) is 2.76.